The number of hydrogen-bond acceptors (Lipinski definition) is 3. The predicted molar refractivity (Wildman–Crippen MR) is 5.40 cm³/mol. The van der Waals surface area contributed by atoms with Crippen LogP contribution >= 0.6 is 0 Å². The average molecular weight is 506 g/mol. The molecule has 0 atom stereocenters. The summed E-state index contributed by atoms with van der Waals surface area (Å²) in [5.41, 5.74) is 0. The van der Waals surface area contributed by atoms with Gasteiger partial charge in [0.15, 0.2) is 0 Å². The van der Waals surface area contributed by atoms with Crippen LogP contribution in [0.5, 0.6) is 0 Å². The quantitative estimate of drug-likeness (QED) is 0.367. The third-order valence-electron chi connectivity index (χ3n) is 0. The summed E-state index contributed by atoms with van der Waals surface area (Å²) in [6, 6.07) is 0. The van der Waals surface area contributed by atoms with Crippen molar-refractivity contribution in [2.75, 3.05) is 0 Å². The molecule has 0 aliphatic heterocycles. The van der Waals surface area contributed by atoms with Gasteiger partial charge in [0, 0.05) is 0 Å². The van der Waals surface area contributed by atoms with Crippen LogP contribution < -0.4 is 10.2 Å². The smallest absolute Gasteiger partial charge is 0.652 e. The van der Waals surface area contributed by atoms with E-state index in [0.29, 0.717) is 0 Å². The molecule has 0 aliphatic carbocycles. The van der Waals surface area contributed by atoms with Crippen LogP contribution in [-0.2, 0) is 0 Å². The van der Waals surface area contributed by atoms with E-state index in [-0.39, 0.29) is 99.7 Å². The molecular formula is CFr2O3. The van der Waals surface area contributed by atoms with E-state index in [9.17, 15) is 0 Å². The molecule has 0 unspecified atom stereocenters. The first-order chi connectivity index (χ1) is 1.73. The fraction of sp³-hybridized carbons (Fsp3) is 0. The van der Waals surface area contributed by atoms with Gasteiger partial charge in [-0.15, -0.1) is 0 Å². The van der Waals surface area contributed by atoms with Gasteiger partial charge >= 0.3 is 99.7 Å². The number of carbonyl (C=O) groups is 1. The SMILES string of the molecule is O=C([O-])[O-].[Fr+].[Fr+]. The van der Waals surface area contributed by atoms with E-state index in [1.165, 1.54) is 0 Å². The van der Waals surface area contributed by atoms with Crippen molar-refractivity contribution in [2.45, 2.75) is 0 Å². The summed E-state index contributed by atoms with van der Waals surface area (Å²) in [5, 5.41) is 16.7. The largest absolute Gasteiger partial charge is 1.00 e. The fourth-order valence-corrected chi connectivity index (χ4v) is 0. The van der Waals surface area contributed by atoms with Gasteiger partial charge in [0.2, 0.25) is 0 Å². The van der Waals surface area contributed by atoms with Gasteiger partial charge in [0.25, 0.3) is 0 Å². The molecule has 0 saturated carbocycles. The molecule has 0 radical (unpaired) electrons. The van der Waals surface area contributed by atoms with Crippen molar-refractivity contribution in [1.29, 1.82) is 0 Å². The Labute approximate surface area is 118 Å². The van der Waals surface area contributed by atoms with Crippen molar-refractivity contribution in [1.82, 2.24) is 0 Å². The molecule has 0 aromatic rings. The van der Waals surface area contributed by atoms with E-state index in [0.717, 1.165) is 0 Å². The van der Waals surface area contributed by atoms with Crippen LogP contribution in [0, 0.1) is 99.7 Å². The van der Waals surface area contributed by atoms with Gasteiger partial charge in [-0.1, -0.05) is 0 Å². The molecule has 0 amide bonds. The van der Waals surface area contributed by atoms with Gasteiger partial charge in [0.1, 0.15) is 0 Å². The number of rotatable bonds is 0. The molecule has 0 aliphatic rings. The van der Waals surface area contributed by atoms with Crippen molar-refractivity contribution in [3.8, 4) is 0 Å². The van der Waals surface area contributed by atoms with E-state index in [1.807, 2.05) is 0 Å². The van der Waals surface area contributed by atoms with E-state index in [2.05, 4.69) is 0 Å². The van der Waals surface area contributed by atoms with Crippen molar-refractivity contribution in [3.63, 3.8) is 0 Å². The van der Waals surface area contributed by atoms with Crippen LogP contribution in [0.1, 0.15) is 0 Å². The van der Waals surface area contributed by atoms with E-state index < -0.39 is 6.16 Å². The Morgan fingerprint density at radius 3 is 1.17 bits per heavy atom. The number of hydrogen-bond donors (Lipinski definition) is 0. The van der Waals surface area contributed by atoms with Crippen LogP contribution in [0.15, 0.2) is 0 Å². The van der Waals surface area contributed by atoms with Gasteiger partial charge in [-0.25, -0.2) is 0 Å². The maximum absolute atomic E-state index is 8.33. The van der Waals surface area contributed by atoms with Gasteiger partial charge in [-0.3, -0.25) is 0 Å². The molecule has 24 valence electrons. The Morgan fingerprint density at radius 2 is 1.17 bits per heavy atom. The third kappa shape index (κ3) is 31.8. The minimum atomic E-state index is -2.33. The normalized spacial score (nSPS) is 4.00. The summed E-state index contributed by atoms with van der Waals surface area (Å²) < 4.78 is 0. The summed E-state index contributed by atoms with van der Waals surface area (Å²) in [7, 11) is 0. The number of carbonyl (C=O) groups excluding carboxylic acids is 1. The molecule has 0 bridgehead atoms. The molecule has 0 aromatic carbocycles. The van der Waals surface area contributed by atoms with Gasteiger partial charge in [-0.2, -0.15) is 0 Å². The summed E-state index contributed by atoms with van der Waals surface area (Å²) in [4.78, 5) is 8.33. The second-order valence-corrected chi connectivity index (χ2v) is 0.250. The van der Waals surface area contributed by atoms with Gasteiger partial charge in [0.05, 0.1) is 0 Å². The standard InChI is InChI=1S/CH2O3.2Fr/c2-1(3)4;;/h(H2,2,3,4);;/q;2*+1/p-2. The maximum atomic E-state index is 8.33. The Hall–Kier alpha value is 2.46. The van der Waals surface area contributed by atoms with Crippen LogP contribution in [0.4, 0.5) is 4.79 Å². The zero-order chi connectivity index (χ0) is 3.58. The first kappa shape index (κ1) is 15.8. The Kier molecular flexibility index (Phi) is 27.5. The molecule has 0 spiro atoms. The van der Waals surface area contributed by atoms with Crippen LogP contribution in [0.2, 0.25) is 0 Å². The molecule has 0 aromatic heterocycles. The Balaban J connectivity index is -0.0000000450. The predicted octanol–water partition coefficient (Wildman–Crippen LogP) is -2.45. The van der Waals surface area contributed by atoms with E-state index >= 15 is 0 Å². The van der Waals surface area contributed by atoms with E-state index in [1.54, 1.807) is 0 Å². The van der Waals surface area contributed by atoms with Crippen LogP contribution in [-0.4, -0.2) is 6.16 Å². The second kappa shape index (κ2) is 10.4. The topological polar surface area (TPSA) is 63.2 Å². The third-order valence-corrected chi connectivity index (χ3v) is 0. The van der Waals surface area contributed by atoms with Gasteiger partial charge in [-0.05, 0) is 6.16 Å². The molecule has 0 N–H and O–H groups in total. The van der Waals surface area contributed by atoms with Crippen LogP contribution in [0.25, 0.3) is 0 Å². The summed E-state index contributed by atoms with van der Waals surface area (Å²) in [6.45, 7) is 0. The van der Waals surface area contributed by atoms with Crippen LogP contribution in [0.3, 0.4) is 0 Å². The minimum Gasteiger partial charge on any atom is -0.652 e. The first-order valence-electron chi connectivity index (χ1n) is 0.612. The molecule has 0 saturated heterocycles. The second-order valence-electron chi connectivity index (χ2n) is 0.250. The van der Waals surface area contributed by atoms with E-state index in [4.69, 9.17) is 15.0 Å². The molecule has 0 rings (SSSR count). The molecular weight excluding hydrogens is 506 g/mol. The average Bonchev–Trinajstić information content (AvgIpc) is 0.811. The monoisotopic (exact) mass is 506 g/mol. The zero-order valence-electron chi connectivity index (χ0n) is 3.72. The first-order valence-corrected chi connectivity index (χ1v) is 0.612. The van der Waals surface area contributed by atoms with Crippen molar-refractivity contribution >= 4 is 6.16 Å². The van der Waals surface area contributed by atoms with Gasteiger partial charge < -0.3 is 15.0 Å². The minimum absolute atomic E-state index is 0. The maximum Gasteiger partial charge on any atom is 1.00 e. The Morgan fingerprint density at radius 1 is 1.17 bits per heavy atom. The van der Waals surface area contributed by atoms with Crippen molar-refractivity contribution in [2.24, 2.45) is 0 Å². The summed E-state index contributed by atoms with van der Waals surface area (Å²) in [6.07, 6.45) is -2.33. The zero-order valence-corrected chi connectivity index (χ0v) is 20.2. The molecule has 3 nitrogen and oxygen atoms in total. The molecule has 6 heavy (non-hydrogen) atoms. The summed E-state index contributed by atoms with van der Waals surface area (Å²) >= 11 is 0. The van der Waals surface area contributed by atoms with Crippen molar-refractivity contribution in [3.05, 3.63) is 0 Å². The summed E-state index contributed by atoms with van der Waals surface area (Å²) in [5.74, 6) is 0. The number of carboxylic acid groups (broad SMARTS) is 2. The molecule has 5 heteroatoms. The Bertz CT molecular complexity index is 31.8. The van der Waals surface area contributed by atoms with Crippen molar-refractivity contribution < 1.29 is 115 Å². The fourth-order valence-electron chi connectivity index (χ4n) is 0. The molecule has 0 fully saturated rings. The molecule has 0 heterocycles.